The second kappa shape index (κ2) is 5.77. The third-order valence-corrected chi connectivity index (χ3v) is 3.35. The van der Waals surface area contributed by atoms with Crippen LogP contribution in [0.15, 0.2) is 17.2 Å². The van der Waals surface area contributed by atoms with Gasteiger partial charge >= 0.3 is 5.97 Å². The lowest BCUT2D eigenvalue weighted by molar-refractivity contribution is -0.139. The summed E-state index contributed by atoms with van der Waals surface area (Å²) in [4.78, 5) is 22.5. The molecule has 1 rings (SSSR count). The van der Waals surface area contributed by atoms with Crippen LogP contribution in [0, 0.1) is 12.3 Å². The predicted octanol–water partition coefficient (Wildman–Crippen LogP) is -1.12. The number of carboxylic acid groups (broad SMARTS) is 1. The second-order valence-electron chi connectivity index (χ2n) is 3.99. The van der Waals surface area contributed by atoms with Gasteiger partial charge in [0.25, 0.3) is 5.91 Å². The van der Waals surface area contributed by atoms with E-state index >= 15 is 0 Å². The van der Waals surface area contributed by atoms with E-state index in [1.807, 2.05) is 0 Å². The first-order valence-electron chi connectivity index (χ1n) is 5.33. The number of carbonyl (C=O) groups excluding carboxylic acids is 1. The Bertz CT molecular complexity index is 683. The van der Waals surface area contributed by atoms with Gasteiger partial charge in [-0.15, -0.1) is 12.3 Å². The highest BCUT2D eigenvalue weighted by molar-refractivity contribution is 7.89. The lowest BCUT2D eigenvalue weighted by Gasteiger charge is -2.11. The van der Waals surface area contributed by atoms with Gasteiger partial charge in [-0.2, -0.15) is 0 Å². The molecule has 0 aromatic carbocycles. The average molecular weight is 299 g/mol. The summed E-state index contributed by atoms with van der Waals surface area (Å²) < 4.78 is 23.6. The Morgan fingerprint density at radius 1 is 1.60 bits per heavy atom. The van der Waals surface area contributed by atoms with E-state index in [-0.39, 0.29) is 17.0 Å². The fourth-order valence-electron chi connectivity index (χ4n) is 1.47. The van der Waals surface area contributed by atoms with Crippen molar-refractivity contribution in [1.29, 1.82) is 0 Å². The van der Waals surface area contributed by atoms with Gasteiger partial charge in [-0.25, -0.2) is 18.4 Å². The molecule has 1 unspecified atom stereocenters. The number of nitrogens with zero attached hydrogens (tertiary/aromatic N) is 1. The highest BCUT2D eigenvalue weighted by Gasteiger charge is 2.23. The number of amides is 1. The Hall–Kier alpha value is -2.31. The molecule has 1 atom stereocenters. The van der Waals surface area contributed by atoms with Gasteiger partial charge < -0.3 is 15.0 Å². The van der Waals surface area contributed by atoms with Crippen LogP contribution in [0.1, 0.15) is 16.9 Å². The molecule has 1 heterocycles. The molecule has 0 saturated heterocycles. The summed E-state index contributed by atoms with van der Waals surface area (Å²) in [6.07, 6.45) is 5.97. The zero-order chi connectivity index (χ0) is 15.5. The van der Waals surface area contributed by atoms with E-state index in [1.165, 1.54) is 11.6 Å². The first kappa shape index (κ1) is 15.7. The molecule has 0 fully saturated rings. The first-order chi connectivity index (χ1) is 9.16. The van der Waals surface area contributed by atoms with Crippen LogP contribution in [0.25, 0.3) is 0 Å². The second-order valence-corrected chi connectivity index (χ2v) is 5.55. The number of terminal acetylenes is 1. The molecule has 9 heteroatoms. The van der Waals surface area contributed by atoms with Gasteiger partial charge in [0.2, 0.25) is 10.0 Å². The smallest absolute Gasteiger partial charge is 0.327 e. The first-order valence-corrected chi connectivity index (χ1v) is 6.87. The number of carboxylic acids is 1. The van der Waals surface area contributed by atoms with Gasteiger partial charge in [-0.1, -0.05) is 0 Å². The maximum absolute atomic E-state index is 11.9. The Morgan fingerprint density at radius 2 is 2.20 bits per heavy atom. The number of sulfonamides is 1. The summed E-state index contributed by atoms with van der Waals surface area (Å²) in [5, 5.41) is 16.0. The van der Waals surface area contributed by atoms with E-state index in [9.17, 15) is 18.0 Å². The molecule has 0 spiro atoms. The number of aromatic nitrogens is 1. The van der Waals surface area contributed by atoms with Crippen LogP contribution in [-0.2, 0) is 21.9 Å². The number of hydrogen-bond acceptors (Lipinski definition) is 4. The summed E-state index contributed by atoms with van der Waals surface area (Å²) in [6, 6.07) is -0.195. The van der Waals surface area contributed by atoms with Crippen molar-refractivity contribution in [2.75, 3.05) is 0 Å². The van der Waals surface area contributed by atoms with E-state index in [0.717, 1.165) is 12.3 Å². The molecule has 1 amide bonds. The number of nitrogens with two attached hydrogens (primary N) is 1. The van der Waals surface area contributed by atoms with E-state index in [4.69, 9.17) is 16.7 Å². The van der Waals surface area contributed by atoms with E-state index < -0.39 is 27.9 Å². The fraction of sp³-hybridized carbons (Fsp3) is 0.273. The number of nitrogens with one attached hydrogen (secondary N) is 1. The molecule has 108 valence electrons. The van der Waals surface area contributed by atoms with Crippen LogP contribution in [0.2, 0.25) is 0 Å². The number of aryl methyl sites for hydroxylation is 1. The van der Waals surface area contributed by atoms with Crippen molar-refractivity contribution in [3.05, 3.63) is 18.0 Å². The molecule has 0 bridgehead atoms. The molecule has 1 aromatic heterocycles. The van der Waals surface area contributed by atoms with Crippen LogP contribution in [0.3, 0.4) is 0 Å². The highest BCUT2D eigenvalue weighted by Crippen LogP contribution is 2.12. The van der Waals surface area contributed by atoms with Crippen molar-refractivity contribution in [3.8, 4) is 12.3 Å². The number of hydrogen-bond donors (Lipinski definition) is 3. The molecule has 0 aliphatic carbocycles. The number of primary sulfonamides is 1. The summed E-state index contributed by atoms with van der Waals surface area (Å²) >= 11 is 0. The average Bonchev–Trinajstić information content (AvgIpc) is 2.70. The number of carbonyl (C=O) groups is 2. The van der Waals surface area contributed by atoms with E-state index in [0.29, 0.717) is 0 Å². The number of aliphatic carboxylic acids is 1. The summed E-state index contributed by atoms with van der Waals surface area (Å²) in [7, 11) is -2.51. The van der Waals surface area contributed by atoms with Crippen molar-refractivity contribution in [3.63, 3.8) is 0 Å². The largest absolute Gasteiger partial charge is 0.480 e. The zero-order valence-electron chi connectivity index (χ0n) is 10.5. The minimum Gasteiger partial charge on any atom is -0.480 e. The third kappa shape index (κ3) is 3.59. The van der Waals surface area contributed by atoms with Gasteiger partial charge in [0.05, 0.1) is 0 Å². The molecule has 0 aliphatic heterocycles. The maximum atomic E-state index is 11.9. The minimum atomic E-state index is -3.94. The molecule has 20 heavy (non-hydrogen) atoms. The summed E-state index contributed by atoms with van der Waals surface area (Å²) in [5.74, 6) is 0.0922. The molecule has 0 radical (unpaired) electrons. The number of rotatable bonds is 5. The normalized spacial score (nSPS) is 12.4. The zero-order valence-corrected chi connectivity index (χ0v) is 11.3. The Balaban J connectivity index is 3.02. The molecular weight excluding hydrogens is 286 g/mol. The SMILES string of the molecule is C#CCC(NC(=O)c1cc(S(N)(=O)=O)cn1C)C(=O)O. The molecular formula is C11H13N3O5S. The quantitative estimate of drug-likeness (QED) is 0.592. The van der Waals surface area contributed by atoms with Crippen molar-refractivity contribution < 1.29 is 23.1 Å². The molecule has 0 saturated carbocycles. The van der Waals surface area contributed by atoms with Crippen molar-refractivity contribution in [2.24, 2.45) is 12.2 Å². The van der Waals surface area contributed by atoms with E-state index in [1.54, 1.807) is 0 Å². The lowest BCUT2D eigenvalue weighted by atomic mass is 10.2. The monoisotopic (exact) mass is 299 g/mol. The van der Waals surface area contributed by atoms with Crippen LogP contribution in [0.4, 0.5) is 0 Å². The van der Waals surface area contributed by atoms with Crippen LogP contribution in [-0.4, -0.2) is 36.0 Å². The van der Waals surface area contributed by atoms with Crippen molar-refractivity contribution in [2.45, 2.75) is 17.4 Å². The summed E-state index contributed by atoms with van der Waals surface area (Å²) in [6.45, 7) is 0. The Labute approximate surface area is 115 Å². The van der Waals surface area contributed by atoms with Gasteiger partial charge in [0, 0.05) is 19.7 Å². The predicted molar refractivity (Wildman–Crippen MR) is 69.1 cm³/mol. The molecule has 8 nitrogen and oxygen atoms in total. The minimum absolute atomic E-state index is 0.0442. The van der Waals surface area contributed by atoms with Gasteiger partial charge in [-0.3, -0.25) is 4.79 Å². The molecule has 0 aliphatic rings. The maximum Gasteiger partial charge on any atom is 0.327 e. The Kier molecular flexibility index (Phi) is 4.54. The third-order valence-electron chi connectivity index (χ3n) is 2.47. The van der Waals surface area contributed by atoms with E-state index in [2.05, 4.69) is 11.2 Å². The fourth-order valence-corrected chi connectivity index (χ4v) is 2.05. The van der Waals surface area contributed by atoms with Gasteiger partial charge in [0.1, 0.15) is 16.6 Å². The van der Waals surface area contributed by atoms with Gasteiger partial charge in [0.15, 0.2) is 0 Å². The van der Waals surface area contributed by atoms with Crippen molar-refractivity contribution >= 4 is 21.9 Å². The van der Waals surface area contributed by atoms with Crippen LogP contribution in [0.5, 0.6) is 0 Å². The van der Waals surface area contributed by atoms with Crippen LogP contribution >= 0.6 is 0 Å². The van der Waals surface area contributed by atoms with Crippen molar-refractivity contribution in [1.82, 2.24) is 9.88 Å². The Morgan fingerprint density at radius 3 is 2.60 bits per heavy atom. The lowest BCUT2D eigenvalue weighted by Crippen LogP contribution is -2.41. The highest BCUT2D eigenvalue weighted by atomic mass is 32.2. The van der Waals surface area contributed by atoms with Gasteiger partial charge in [-0.05, 0) is 6.07 Å². The van der Waals surface area contributed by atoms with Crippen LogP contribution < -0.4 is 10.5 Å². The summed E-state index contributed by atoms with van der Waals surface area (Å²) in [5.41, 5.74) is -0.0442. The molecule has 1 aromatic rings. The molecule has 4 N–H and O–H groups in total. The standard InChI is InChI=1S/C11H13N3O5S/c1-3-4-8(11(16)17)13-10(15)9-5-7(6-14(9)2)20(12,18)19/h1,5-6,8H,4H2,2H3,(H,13,15)(H,16,17)(H2,12,18,19). The topological polar surface area (TPSA) is 131 Å².